The Hall–Kier alpha value is -1.63. The molecule has 1 N–H and O–H groups in total. The lowest BCUT2D eigenvalue weighted by molar-refractivity contribution is -0.116. The van der Waals surface area contributed by atoms with Gasteiger partial charge in [-0.05, 0) is 38.5 Å². The van der Waals surface area contributed by atoms with Gasteiger partial charge in [0.2, 0.25) is 5.91 Å². The lowest BCUT2D eigenvalue weighted by Gasteiger charge is -2.23. The number of rotatable bonds is 6. The fourth-order valence-electron chi connectivity index (χ4n) is 2.27. The zero-order valence-electron chi connectivity index (χ0n) is 13.7. The smallest absolute Gasteiger partial charge is 0.244 e. The molecule has 0 aromatic carbocycles. The van der Waals surface area contributed by atoms with E-state index in [0.717, 1.165) is 11.3 Å². The van der Waals surface area contributed by atoms with Gasteiger partial charge in [0.05, 0.1) is 11.7 Å². The highest BCUT2D eigenvalue weighted by atomic mass is 35.5. The van der Waals surface area contributed by atoms with Crippen molar-refractivity contribution in [1.29, 1.82) is 0 Å². The summed E-state index contributed by atoms with van der Waals surface area (Å²) in [6, 6.07) is 4.26. The third-order valence-corrected chi connectivity index (χ3v) is 4.98. The summed E-state index contributed by atoms with van der Waals surface area (Å²) in [5.74, 6) is -0.146. The SMILES string of the molecule is Cc1nn(C)c(Cl)c1/C=C/C(=O)NCC(c1cccs1)N(C)C. The fraction of sp³-hybridized carbons (Fsp3) is 0.375. The molecule has 2 rings (SSSR count). The van der Waals surface area contributed by atoms with E-state index in [-0.39, 0.29) is 11.9 Å². The molecule has 0 aliphatic heterocycles. The van der Waals surface area contributed by atoms with E-state index in [1.54, 1.807) is 29.1 Å². The first-order valence-electron chi connectivity index (χ1n) is 7.25. The van der Waals surface area contributed by atoms with Crippen LogP contribution in [0.25, 0.3) is 6.08 Å². The predicted molar refractivity (Wildman–Crippen MR) is 95.7 cm³/mol. The van der Waals surface area contributed by atoms with Gasteiger partial charge in [0.1, 0.15) is 5.15 Å². The topological polar surface area (TPSA) is 50.2 Å². The van der Waals surface area contributed by atoms with Gasteiger partial charge in [-0.1, -0.05) is 17.7 Å². The molecule has 5 nitrogen and oxygen atoms in total. The monoisotopic (exact) mass is 352 g/mol. The minimum absolute atomic E-state index is 0.146. The quantitative estimate of drug-likeness (QED) is 0.813. The van der Waals surface area contributed by atoms with Crippen molar-refractivity contribution in [3.63, 3.8) is 0 Å². The summed E-state index contributed by atoms with van der Waals surface area (Å²) >= 11 is 7.83. The van der Waals surface area contributed by atoms with Gasteiger partial charge in [0, 0.05) is 30.1 Å². The molecule has 0 radical (unpaired) electrons. The molecule has 0 fully saturated rings. The van der Waals surface area contributed by atoms with E-state index >= 15 is 0 Å². The van der Waals surface area contributed by atoms with Crippen LogP contribution in [0.4, 0.5) is 0 Å². The van der Waals surface area contributed by atoms with Crippen LogP contribution in [-0.2, 0) is 11.8 Å². The summed E-state index contributed by atoms with van der Waals surface area (Å²) < 4.78 is 1.59. The van der Waals surface area contributed by atoms with E-state index in [2.05, 4.69) is 21.4 Å². The van der Waals surface area contributed by atoms with Crippen molar-refractivity contribution in [2.24, 2.45) is 7.05 Å². The maximum Gasteiger partial charge on any atom is 0.244 e. The molecule has 2 aromatic rings. The van der Waals surface area contributed by atoms with Gasteiger partial charge in [-0.2, -0.15) is 5.10 Å². The summed E-state index contributed by atoms with van der Waals surface area (Å²) in [6.07, 6.45) is 3.20. The molecule has 0 aliphatic rings. The van der Waals surface area contributed by atoms with E-state index in [1.807, 2.05) is 32.5 Å². The number of aromatic nitrogens is 2. The van der Waals surface area contributed by atoms with E-state index in [4.69, 9.17) is 11.6 Å². The molecule has 7 heteroatoms. The fourth-order valence-corrected chi connectivity index (χ4v) is 3.43. The van der Waals surface area contributed by atoms with E-state index < -0.39 is 0 Å². The van der Waals surface area contributed by atoms with Gasteiger partial charge in [0.25, 0.3) is 0 Å². The second kappa shape index (κ2) is 7.77. The lowest BCUT2D eigenvalue weighted by atomic mass is 10.2. The Balaban J connectivity index is 1.98. The molecular weight excluding hydrogens is 332 g/mol. The summed E-state index contributed by atoms with van der Waals surface area (Å²) in [7, 11) is 5.78. The molecule has 124 valence electrons. The molecule has 0 aliphatic carbocycles. The zero-order valence-corrected chi connectivity index (χ0v) is 15.3. The average Bonchev–Trinajstić information content (AvgIpc) is 3.08. The number of hydrogen-bond acceptors (Lipinski definition) is 4. The van der Waals surface area contributed by atoms with E-state index in [9.17, 15) is 4.79 Å². The van der Waals surface area contributed by atoms with Crippen LogP contribution < -0.4 is 5.32 Å². The Morgan fingerprint density at radius 2 is 2.30 bits per heavy atom. The number of halogens is 1. The Morgan fingerprint density at radius 1 is 1.57 bits per heavy atom. The highest BCUT2D eigenvalue weighted by Gasteiger charge is 2.15. The van der Waals surface area contributed by atoms with E-state index in [0.29, 0.717) is 11.7 Å². The van der Waals surface area contributed by atoms with Crippen molar-refractivity contribution in [2.45, 2.75) is 13.0 Å². The van der Waals surface area contributed by atoms with Crippen LogP contribution in [0.3, 0.4) is 0 Å². The number of likely N-dealkylation sites (N-methyl/N-ethyl adjacent to an activating group) is 1. The maximum absolute atomic E-state index is 12.1. The van der Waals surface area contributed by atoms with Crippen molar-refractivity contribution < 1.29 is 4.79 Å². The maximum atomic E-state index is 12.1. The molecule has 1 unspecified atom stereocenters. The number of thiophene rings is 1. The molecule has 1 atom stereocenters. The van der Waals surface area contributed by atoms with Crippen LogP contribution in [0.1, 0.15) is 22.2 Å². The molecule has 0 saturated carbocycles. The number of nitrogens with zero attached hydrogens (tertiary/aromatic N) is 3. The number of hydrogen-bond donors (Lipinski definition) is 1. The number of nitrogens with one attached hydrogen (secondary N) is 1. The largest absolute Gasteiger partial charge is 0.351 e. The number of carbonyl (C=O) groups excluding carboxylic acids is 1. The standard InChI is InChI=1S/C16H21ClN4OS/c1-11-12(16(17)21(4)19-11)7-8-15(22)18-10-13(20(2)3)14-6-5-9-23-14/h5-9,13H,10H2,1-4H3,(H,18,22)/b8-7+. The van der Waals surface area contributed by atoms with Crippen molar-refractivity contribution in [3.8, 4) is 0 Å². The number of aryl methyl sites for hydroxylation is 2. The van der Waals surface area contributed by atoms with Crippen LogP contribution in [0.2, 0.25) is 5.15 Å². The Labute approximate surface area is 145 Å². The molecule has 2 aromatic heterocycles. The first-order chi connectivity index (χ1) is 10.9. The first kappa shape index (κ1) is 17.7. The highest BCUT2D eigenvalue weighted by molar-refractivity contribution is 7.10. The molecular formula is C16H21ClN4OS. The van der Waals surface area contributed by atoms with Gasteiger partial charge in [-0.3, -0.25) is 9.48 Å². The summed E-state index contributed by atoms with van der Waals surface area (Å²) in [4.78, 5) is 15.4. The van der Waals surface area contributed by atoms with Gasteiger partial charge in [-0.25, -0.2) is 0 Å². The van der Waals surface area contributed by atoms with Crippen molar-refractivity contribution >= 4 is 34.9 Å². The van der Waals surface area contributed by atoms with Gasteiger partial charge < -0.3 is 10.2 Å². The minimum atomic E-state index is -0.146. The number of amides is 1. The molecule has 23 heavy (non-hydrogen) atoms. The molecule has 0 spiro atoms. The molecule has 0 saturated heterocycles. The molecule has 2 heterocycles. The number of carbonyl (C=O) groups is 1. The predicted octanol–water partition coefficient (Wildman–Crippen LogP) is 2.88. The third kappa shape index (κ3) is 4.43. The lowest BCUT2D eigenvalue weighted by Crippen LogP contribution is -2.33. The van der Waals surface area contributed by atoms with Crippen LogP contribution >= 0.6 is 22.9 Å². The van der Waals surface area contributed by atoms with Gasteiger partial charge in [0.15, 0.2) is 0 Å². The highest BCUT2D eigenvalue weighted by Crippen LogP contribution is 2.22. The van der Waals surface area contributed by atoms with Crippen LogP contribution in [0.5, 0.6) is 0 Å². The Kier molecular flexibility index (Phi) is 5.98. The van der Waals surface area contributed by atoms with Crippen molar-refractivity contribution in [1.82, 2.24) is 20.0 Å². The third-order valence-electron chi connectivity index (χ3n) is 3.56. The van der Waals surface area contributed by atoms with E-state index in [1.165, 1.54) is 11.0 Å². The Bertz CT molecular complexity index is 691. The average molecular weight is 353 g/mol. The Morgan fingerprint density at radius 3 is 2.83 bits per heavy atom. The zero-order chi connectivity index (χ0) is 17.0. The van der Waals surface area contributed by atoms with Gasteiger partial charge in [-0.15, -0.1) is 11.3 Å². The second-order valence-corrected chi connectivity index (χ2v) is 6.82. The second-order valence-electron chi connectivity index (χ2n) is 5.49. The molecule has 1 amide bonds. The molecule has 0 bridgehead atoms. The van der Waals surface area contributed by atoms with Gasteiger partial charge >= 0.3 is 0 Å². The van der Waals surface area contributed by atoms with Crippen molar-refractivity contribution in [3.05, 3.63) is 44.9 Å². The van der Waals surface area contributed by atoms with Crippen LogP contribution in [-0.4, -0.2) is 41.2 Å². The van der Waals surface area contributed by atoms with Crippen LogP contribution in [0.15, 0.2) is 23.6 Å². The first-order valence-corrected chi connectivity index (χ1v) is 8.50. The summed E-state index contributed by atoms with van der Waals surface area (Å²) in [5.41, 5.74) is 1.57. The van der Waals surface area contributed by atoms with Crippen molar-refractivity contribution in [2.75, 3.05) is 20.6 Å². The van der Waals surface area contributed by atoms with Crippen LogP contribution in [0, 0.1) is 6.92 Å². The normalized spacial score (nSPS) is 13.0. The summed E-state index contributed by atoms with van der Waals surface area (Å²) in [6.45, 7) is 2.42. The minimum Gasteiger partial charge on any atom is -0.351 e. The summed E-state index contributed by atoms with van der Waals surface area (Å²) in [5, 5.41) is 9.72.